The minimum atomic E-state index is -3.16. The second-order valence-electron chi connectivity index (χ2n) is 6.79. The van der Waals surface area contributed by atoms with Crippen molar-refractivity contribution in [2.75, 3.05) is 44.4 Å². The van der Waals surface area contributed by atoms with Crippen molar-refractivity contribution in [2.24, 2.45) is 0 Å². The molecule has 3 rings (SSSR count). The van der Waals surface area contributed by atoms with Crippen molar-refractivity contribution >= 4 is 9.84 Å². The van der Waals surface area contributed by atoms with Gasteiger partial charge in [-0.2, -0.15) is 0 Å². The molecule has 0 aliphatic carbocycles. The molecule has 6 nitrogen and oxygen atoms in total. The Labute approximate surface area is 143 Å². The number of nitrogens with one attached hydrogen (secondary N) is 1. The van der Waals surface area contributed by atoms with Gasteiger partial charge in [0.05, 0.1) is 30.8 Å². The average molecular weight is 354 g/mol. The van der Waals surface area contributed by atoms with Gasteiger partial charge in [0, 0.05) is 31.7 Å². The molecule has 1 aromatic rings. The molecule has 134 valence electrons. The Morgan fingerprint density at radius 3 is 2.50 bits per heavy atom. The Morgan fingerprint density at radius 2 is 1.92 bits per heavy atom. The highest BCUT2D eigenvalue weighted by Crippen LogP contribution is 2.21. The van der Waals surface area contributed by atoms with Gasteiger partial charge in [0.1, 0.15) is 0 Å². The second kappa shape index (κ2) is 7.49. The smallest absolute Gasteiger partial charge is 0.154 e. The number of hydrogen-bond acceptors (Lipinski definition) is 6. The van der Waals surface area contributed by atoms with Crippen molar-refractivity contribution < 1.29 is 18.3 Å². The Kier molecular flexibility index (Phi) is 5.56. The summed E-state index contributed by atoms with van der Waals surface area (Å²) in [6.45, 7) is 6.00. The second-order valence-corrected chi connectivity index (χ2v) is 8.95. The third-order valence-corrected chi connectivity index (χ3v) is 6.48. The Bertz CT molecular complexity index is 641. The summed E-state index contributed by atoms with van der Waals surface area (Å²) in [6.07, 6.45) is -0.840. The summed E-state index contributed by atoms with van der Waals surface area (Å²) in [7, 11) is -3.16. The van der Waals surface area contributed by atoms with Crippen molar-refractivity contribution in [2.45, 2.75) is 25.1 Å². The molecule has 24 heavy (non-hydrogen) atoms. The van der Waals surface area contributed by atoms with Crippen LogP contribution in [0.25, 0.3) is 0 Å². The summed E-state index contributed by atoms with van der Waals surface area (Å²) in [6, 6.07) is 7.84. The van der Waals surface area contributed by atoms with E-state index in [0.29, 0.717) is 0 Å². The highest BCUT2D eigenvalue weighted by Gasteiger charge is 2.37. The molecule has 0 saturated carbocycles. The van der Waals surface area contributed by atoms with Gasteiger partial charge in [-0.3, -0.25) is 4.90 Å². The van der Waals surface area contributed by atoms with E-state index in [1.165, 1.54) is 5.56 Å². The maximum Gasteiger partial charge on any atom is 0.154 e. The molecule has 0 aromatic heterocycles. The van der Waals surface area contributed by atoms with Crippen LogP contribution in [-0.2, 0) is 14.6 Å². The summed E-state index contributed by atoms with van der Waals surface area (Å²) >= 11 is 0. The third kappa shape index (κ3) is 4.55. The summed E-state index contributed by atoms with van der Waals surface area (Å²) in [5.41, 5.74) is 2.30. The van der Waals surface area contributed by atoms with E-state index >= 15 is 0 Å². The number of sulfone groups is 1. The van der Waals surface area contributed by atoms with Crippen molar-refractivity contribution in [3.8, 4) is 0 Å². The van der Waals surface area contributed by atoms with Crippen LogP contribution in [-0.4, -0.2) is 74.9 Å². The van der Waals surface area contributed by atoms with Crippen molar-refractivity contribution in [3.63, 3.8) is 0 Å². The van der Waals surface area contributed by atoms with Gasteiger partial charge in [-0.1, -0.05) is 29.8 Å². The van der Waals surface area contributed by atoms with Gasteiger partial charge < -0.3 is 15.2 Å². The van der Waals surface area contributed by atoms with Crippen molar-refractivity contribution in [3.05, 3.63) is 35.4 Å². The molecule has 3 atom stereocenters. The standard InChI is InChI=1S/C17H26N2O4S/c1-13-2-4-14(5-3-13)15(10-19-6-8-23-9-7-19)18-16-11-24(21,22)12-17(16)20/h2-5,15-18,20H,6-12H2,1H3/t15-,16+,17-/m0/s1. The van der Waals surface area contributed by atoms with E-state index in [1.54, 1.807) is 0 Å². The first-order valence-electron chi connectivity index (χ1n) is 8.44. The van der Waals surface area contributed by atoms with Crippen molar-refractivity contribution in [1.29, 1.82) is 0 Å². The summed E-state index contributed by atoms with van der Waals surface area (Å²) in [4.78, 5) is 2.32. The summed E-state index contributed by atoms with van der Waals surface area (Å²) < 4.78 is 29.0. The monoisotopic (exact) mass is 354 g/mol. The van der Waals surface area contributed by atoms with Crippen LogP contribution in [0.15, 0.2) is 24.3 Å². The lowest BCUT2D eigenvalue weighted by molar-refractivity contribution is 0.0317. The number of aryl methyl sites for hydroxylation is 1. The molecule has 1 aromatic carbocycles. The average Bonchev–Trinajstić information content (AvgIpc) is 2.80. The van der Waals surface area contributed by atoms with Crippen LogP contribution in [0.1, 0.15) is 17.2 Å². The van der Waals surface area contributed by atoms with Gasteiger partial charge >= 0.3 is 0 Å². The molecule has 2 saturated heterocycles. The Morgan fingerprint density at radius 1 is 1.25 bits per heavy atom. The maximum absolute atomic E-state index is 11.8. The molecular formula is C17H26N2O4S. The van der Waals surface area contributed by atoms with Gasteiger partial charge in [-0.25, -0.2) is 8.42 Å². The van der Waals surface area contributed by atoms with E-state index < -0.39 is 22.0 Å². The molecule has 0 amide bonds. The van der Waals surface area contributed by atoms with Gasteiger partial charge in [-0.15, -0.1) is 0 Å². The van der Waals surface area contributed by atoms with E-state index in [9.17, 15) is 13.5 Å². The molecule has 0 radical (unpaired) electrons. The first-order valence-corrected chi connectivity index (χ1v) is 10.3. The number of hydrogen-bond donors (Lipinski definition) is 2. The van der Waals surface area contributed by atoms with Crippen LogP contribution < -0.4 is 5.32 Å². The molecule has 2 aliphatic rings. The van der Waals surface area contributed by atoms with Crippen LogP contribution in [0.2, 0.25) is 0 Å². The van der Waals surface area contributed by atoms with Crippen LogP contribution >= 0.6 is 0 Å². The van der Waals surface area contributed by atoms with E-state index in [-0.39, 0.29) is 17.5 Å². The van der Waals surface area contributed by atoms with Crippen LogP contribution in [0.3, 0.4) is 0 Å². The van der Waals surface area contributed by atoms with Crippen LogP contribution in [0, 0.1) is 6.92 Å². The van der Waals surface area contributed by atoms with Gasteiger partial charge in [0.2, 0.25) is 0 Å². The highest BCUT2D eigenvalue weighted by atomic mass is 32.2. The van der Waals surface area contributed by atoms with Gasteiger partial charge in [0.15, 0.2) is 9.84 Å². The van der Waals surface area contributed by atoms with Crippen molar-refractivity contribution in [1.82, 2.24) is 10.2 Å². The molecular weight excluding hydrogens is 328 g/mol. The fourth-order valence-electron chi connectivity index (χ4n) is 3.34. The summed E-state index contributed by atoms with van der Waals surface area (Å²) in [5.74, 6) is -0.150. The fraction of sp³-hybridized carbons (Fsp3) is 0.647. The topological polar surface area (TPSA) is 78.9 Å². The molecule has 2 fully saturated rings. The van der Waals surface area contributed by atoms with Gasteiger partial charge in [-0.05, 0) is 12.5 Å². The SMILES string of the molecule is Cc1ccc([C@H](CN2CCOCC2)N[C@@H]2CS(=O)(=O)C[C@@H]2O)cc1. The first kappa shape index (κ1) is 17.8. The Balaban J connectivity index is 1.75. The van der Waals surface area contributed by atoms with E-state index in [2.05, 4.69) is 34.5 Å². The molecule has 0 spiro atoms. The van der Waals surface area contributed by atoms with Gasteiger partial charge in [0.25, 0.3) is 0 Å². The molecule has 2 heterocycles. The number of aliphatic hydroxyl groups excluding tert-OH is 1. The number of ether oxygens (including phenoxy) is 1. The number of benzene rings is 1. The lowest BCUT2D eigenvalue weighted by atomic mass is 10.0. The zero-order valence-corrected chi connectivity index (χ0v) is 14.8. The molecule has 7 heteroatoms. The highest BCUT2D eigenvalue weighted by molar-refractivity contribution is 7.91. The molecule has 2 N–H and O–H groups in total. The third-order valence-electron chi connectivity index (χ3n) is 4.76. The Hall–Kier alpha value is -0.990. The zero-order valence-electron chi connectivity index (χ0n) is 14.0. The molecule has 2 aliphatic heterocycles. The summed E-state index contributed by atoms with van der Waals surface area (Å²) in [5, 5.41) is 13.5. The quantitative estimate of drug-likeness (QED) is 0.782. The van der Waals surface area contributed by atoms with Crippen LogP contribution in [0.5, 0.6) is 0 Å². The lowest BCUT2D eigenvalue weighted by Crippen LogP contribution is -2.47. The number of aliphatic hydroxyl groups is 1. The first-order chi connectivity index (χ1) is 11.4. The lowest BCUT2D eigenvalue weighted by Gasteiger charge is -2.33. The normalized spacial score (nSPS) is 28.8. The van der Waals surface area contributed by atoms with E-state index in [1.807, 2.05) is 6.92 Å². The molecule has 0 bridgehead atoms. The van der Waals surface area contributed by atoms with E-state index in [0.717, 1.165) is 38.4 Å². The minimum absolute atomic E-state index is 0.000358. The fourth-order valence-corrected chi connectivity index (χ4v) is 5.10. The molecule has 0 unspecified atom stereocenters. The predicted molar refractivity (Wildman–Crippen MR) is 92.8 cm³/mol. The number of morpholine rings is 1. The maximum atomic E-state index is 11.8. The largest absolute Gasteiger partial charge is 0.390 e. The van der Waals surface area contributed by atoms with E-state index in [4.69, 9.17) is 4.74 Å². The zero-order chi connectivity index (χ0) is 17.2. The predicted octanol–water partition coefficient (Wildman–Crippen LogP) is 0.116. The van der Waals surface area contributed by atoms with Crippen LogP contribution in [0.4, 0.5) is 0 Å². The number of nitrogens with zero attached hydrogens (tertiary/aromatic N) is 1. The number of rotatable bonds is 5. The minimum Gasteiger partial charge on any atom is -0.390 e.